The Morgan fingerprint density at radius 2 is 1.88 bits per heavy atom. The summed E-state index contributed by atoms with van der Waals surface area (Å²) in [4.78, 5) is 17.0. The van der Waals surface area contributed by atoms with Crippen molar-refractivity contribution in [2.75, 3.05) is 23.3 Å². The second-order valence-electron chi connectivity index (χ2n) is 7.23. The van der Waals surface area contributed by atoms with Crippen LogP contribution in [-0.4, -0.2) is 33.0 Å². The smallest absolute Gasteiger partial charge is 0.265 e. The normalized spacial score (nSPS) is 11.3. The molecule has 0 aliphatic carbocycles. The zero-order valence-corrected chi connectivity index (χ0v) is 19.5. The number of ether oxygens (including phenoxy) is 1. The molecule has 4 aromatic rings. The van der Waals surface area contributed by atoms with Crippen LogP contribution in [0, 0.1) is 5.82 Å². The zero-order chi connectivity index (χ0) is 24.3. The largest absolute Gasteiger partial charge is 0.495 e. The van der Waals surface area contributed by atoms with Crippen LogP contribution in [-0.2, 0) is 14.8 Å². The fourth-order valence-electron chi connectivity index (χ4n) is 3.46. The Hall–Kier alpha value is -3.69. The molecule has 0 unspecified atom stereocenters. The van der Waals surface area contributed by atoms with Crippen molar-refractivity contribution in [1.82, 2.24) is 4.98 Å². The van der Waals surface area contributed by atoms with E-state index in [1.807, 2.05) is 0 Å². The summed E-state index contributed by atoms with van der Waals surface area (Å²) < 4.78 is 47.3. The molecule has 0 atom stereocenters. The molecule has 4 rings (SSSR count). The van der Waals surface area contributed by atoms with E-state index in [9.17, 15) is 17.6 Å². The molecule has 1 aromatic heterocycles. The first-order chi connectivity index (χ1) is 16.3. The Morgan fingerprint density at radius 1 is 1.12 bits per heavy atom. The van der Waals surface area contributed by atoms with Gasteiger partial charge in [-0.05, 0) is 54.6 Å². The van der Waals surface area contributed by atoms with Crippen molar-refractivity contribution in [2.45, 2.75) is 4.90 Å². The van der Waals surface area contributed by atoms with Gasteiger partial charge in [-0.2, -0.15) is 0 Å². The lowest BCUT2D eigenvalue weighted by atomic mass is 10.2. The number of hydrogen-bond donors (Lipinski definition) is 1. The van der Waals surface area contributed by atoms with Gasteiger partial charge in [0.15, 0.2) is 0 Å². The van der Waals surface area contributed by atoms with Crippen LogP contribution in [0.5, 0.6) is 5.75 Å². The van der Waals surface area contributed by atoms with Gasteiger partial charge in [0, 0.05) is 28.2 Å². The number of benzene rings is 3. The van der Waals surface area contributed by atoms with Crippen LogP contribution in [0.3, 0.4) is 0 Å². The molecule has 0 bridgehead atoms. The van der Waals surface area contributed by atoms with Crippen LogP contribution in [0.25, 0.3) is 10.8 Å². The van der Waals surface area contributed by atoms with E-state index in [1.165, 1.54) is 37.6 Å². The van der Waals surface area contributed by atoms with Crippen molar-refractivity contribution in [2.24, 2.45) is 0 Å². The van der Waals surface area contributed by atoms with E-state index in [0.717, 1.165) is 16.4 Å². The highest BCUT2D eigenvalue weighted by molar-refractivity contribution is 7.93. The molecule has 0 aliphatic heterocycles. The lowest BCUT2D eigenvalue weighted by Crippen LogP contribution is -2.38. The molecular weight excluding hydrogens is 481 g/mol. The number of fused-ring (bicyclic) bond motifs is 1. The van der Waals surface area contributed by atoms with Crippen molar-refractivity contribution < 1.29 is 22.3 Å². The van der Waals surface area contributed by atoms with Gasteiger partial charge in [-0.25, -0.2) is 12.8 Å². The maximum Gasteiger partial charge on any atom is 0.265 e. The summed E-state index contributed by atoms with van der Waals surface area (Å²) in [5.41, 5.74) is 0.411. The summed E-state index contributed by atoms with van der Waals surface area (Å²) in [5.74, 6) is -0.823. The molecule has 0 spiro atoms. The number of carbonyl (C=O) groups is 1. The minimum Gasteiger partial charge on any atom is -0.495 e. The van der Waals surface area contributed by atoms with Crippen LogP contribution in [0.2, 0.25) is 5.02 Å². The van der Waals surface area contributed by atoms with Crippen molar-refractivity contribution in [1.29, 1.82) is 0 Å². The van der Waals surface area contributed by atoms with Gasteiger partial charge < -0.3 is 10.1 Å². The van der Waals surface area contributed by atoms with Crippen LogP contribution < -0.4 is 14.4 Å². The molecule has 7 nitrogen and oxygen atoms in total. The molecule has 0 radical (unpaired) electrons. The second kappa shape index (κ2) is 9.66. The van der Waals surface area contributed by atoms with Gasteiger partial charge in [-0.1, -0.05) is 23.7 Å². The van der Waals surface area contributed by atoms with Gasteiger partial charge >= 0.3 is 0 Å². The molecule has 1 heterocycles. The SMILES string of the molecule is COc1ccc(Cl)cc1NC(=O)CN(c1ccc(F)cc1)S(=O)(=O)c1cccc2cnccc12. The molecule has 0 saturated heterocycles. The number of sulfonamides is 1. The summed E-state index contributed by atoms with van der Waals surface area (Å²) >= 11 is 6.03. The fourth-order valence-corrected chi connectivity index (χ4v) is 5.27. The Kier molecular flexibility index (Phi) is 6.67. The number of methoxy groups -OCH3 is 1. The van der Waals surface area contributed by atoms with Gasteiger partial charge in [0.1, 0.15) is 18.1 Å². The van der Waals surface area contributed by atoms with Crippen LogP contribution in [0.4, 0.5) is 15.8 Å². The molecule has 0 aliphatic rings. The Morgan fingerprint density at radius 3 is 2.62 bits per heavy atom. The molecule has 1 N–H and O–H groups in total. The number of nitrogens with one attached hydrogen (secondary N) is 1. The third-order valence-corrected chi connectivity index (χ3v) is 7.11. The van der Waals surface area contributed by atoms with E-state index in [0.29, 0.717) is 21.5 Å². The molecule has 34 heavy (non-hydrogen) atoms. The monoisotopic (exact) mass is 499 g/mol. The van der Waals surface area contributed by atoms with Crippen molar-refractivity contribution in [3.05, 3.63) is 90.0 Å². The molecule has 174 valence electrons. The third kappa shape index (κ3) is 4.80. The standard InChI is InChI=1S/C24H19ClFN3O4S/c1-33-22-10-5-17(25)13-21(22)28-24(30)15-29(19-8-6-18(26)7-9-19)34(31,32)23-4-2-3-16-14-27-12-11-20(16)23/h2-14H,15H2,1H3,(H,28,30). The van der Waals surface area contributed by atoms with Gasteiger partial charge in [0.2, 0.25) is 5.91 Å². The second-order valence-corrected chi connectivity index (χ2v) is 9.50. The lowest BCUT2D eigenvalue weighted by molar-refractivity contribution is -0.114. The predicted octanol–water partition coefficient (Wildman–Crippen LogP) is 4.87. The average molecular weight is 500 g/mol. The van der Waals surface area contributed by atoms with Crippen LogP contribution in [0.15, 0.2) is 84.0 Å². The topological polar surface area (TPSA) is 88.6 Å². The molecular formula is C24H19ClFN3O4S. The quantitative estimate of drug-likeness (QED) is 0.392. The number of carbonyl (C=O) groups excluding carboxylic acids is 1. The number of aromatic nitrogens is 1. The van der Waals surface area contributed by atoms with E-state index >= 15 is 0 Å². The van der Waals surface area contributed by atoms with E-state index in [1.54, 1.807) is 36.5 Å². The van der Waals surface area contributed by atoms with Gasteiger partial charge in [0.05, 0.1) is 23.4 Å². The minimum atomic E-state index is -4.24. The minimum absolute atomic E-state index is 0.00939. The van der Waals surface area contributed by atoms with E-state index in [-0.39, 0.29) is 16.3 Å². The lowest BCUT2D eigenvalue weighted by Gasteiger charge is -2.25. The Balaban J connectivity index is 1.75. The summed E-state index contributed by atoms with van der Waals surface area (Å²) in [6.45, 7) is -0.578. The zero-order valence-electron chi connectivity index (χ0n) is 17.9. The number of amides is 1. The first-order valence-corrected chi connectivity index (χ1v) is 11.9. The summed E-state index contributed by atoms with van der Waals surface area (Å²) in [6.07, 6.45) is 3.04. The first-order valence-electron chi connectivity index (χ1n) is 10.0. The van der Waals surface area contributed by atoms with Crippen LogP contribution in [0.1, 0.15) is 0 Å². The molecule has 0 saturated carbocycles. The Labute approximate surface area is 200 Å². The number of halogens is 2. The van der Waals surface area contributed by atoms with E-state index in [2.05, 4.69) is 10.3 Å². The van der Waals surface area contributed by atoms with Gasteiger partial charge in [-0.15, -0.1) is 0 Å². The third-order valence-electron chi connectivity index (χ3n) is 5.05. The fraction of sp³-hybridized carbons (Fsp3) is 0.0833. The molecule has 0 fully saturated rings. The van der Waals surface area contributed by atoms with Crippen molar-refractivity contribution in [3.8, 4) is 5.75 Å². The van der Waals surface area contributed by atoms with Crippen molar-refractivity contribution >= 4 is 49.7 Å². The van der Waals surface area contributed by atoms with Gasteiger partial charge in [0.25, 0.3) is 10.0 Å². The average Bonchev–Trinajstić information content (AvgIpc) is 2.83. The first kappa shape index (κ1) is 23.5. The van der Waals surface area contributed by atoms with E-state index < -0.39 is 28.3 Å². The maximum atomic E-state index is 13.8. The summed E-state index contributed by atoms with van der Waals surface area (Å²) in [7, 11) is -2.81. The van der Waals surface area contributed by atoms with Crippen LogP contribution >= 0.6 is 11.6 Å². The number of anilines is 2. The highest BCUT2D eigenvalue weighted by Gasteiger charge is 2.29. The molecule has 1 amide bonds. The number of pyridine rings is 1. The number of hydrogen-bond acceptors (Lipinski definition) is 5. The summed E-state index contributed by atoms with van der Waals surface area (Å²) in [6, 6.07) is 15.9. The highest BCUT2D eigenvalue weighted by atomic mass is 35.5. The number of nitrogens with zero attached hydrogens (tertiary/aromatic N) is 2. The summed E-state index contributed by atoms with van der Waals surface area (Å²) in [5, 5.41) is 4.07. The number of rotatable bonds is 7. The maximum absolute atomic E-state index is 13.8. The van der Waals surface area contributed by atoms with Gasteiger partial charge in [-0.3, -0.25) is 14.1 Å². The highest BCUT2D eigenvalue weighted by Crippen LogP contribution is 2.30. The molecule has 10 heteroatoms. The predicted molar refractivity (Wildman–Crippen MR) is 129 cm³/mol. The Bertz CT molecular complexity index is 1460. The van der Waals surface area contributed by atoms with Crippen molar-refractivity contribution in [3.63, 3.8) is 0 Å². The van der Waals surface area contributed by atoms with E-state index in [4.69, 9.17) is 16.3 Å². The molecule has 3 aromatic carbocycles.